The van der Waals surface area contributed by atoms with Crippen molar-refractivity contribution in [1.82, 2.24) is 5.32 Å². The van der Waals surface area contributed by atoms with Crippen LogP contribution in [0, 0.1) is 0 Å². The molecule has 0 radical (unpaired) electrons. The van der Waals surface area contributed by atoms with Crippen molar-refractivity contribution >= 4 is 29.1 Å². The fourth-order valence-corrected chi connectivity index (χ4v) is 1.96. The molecule has 0 aliphatic carbocycles. The second-order valence-corrected chi connectivity index (χ2v) is 5.53. The van der Waals surface area contributed by atoms with Gasteiger partial charge in [-0.3, -0.25) is 9.59 Å². The summed E-state index contributed by atoms with van der Waals surface area (Å²) in [7, 11) is 1.83. The molecule has 6 heteroatoms. The number of amides is 2. The van der Waals surface area contributed by atoms with Crippen LogP contribution in [0.25, 0.3) is 0 Å². The van der Waals surface area contributed by atoms with Gasteiger partial charge in [-0.1, -0.05) is 24.6 Å². The van der Waals surface area contributed by atoms with E-state index in [2.05, 4.69) is 10.6 Å². The number of hydrogen-bond donors (Lipinski definition) is 3. The Kier molecular flexibility index (Phi) is 7.19. The Labute approximate surface area is 130 Å². The summed E-state index contributed by atoms with van der Waals surface area (Å²) in [4.78, 5) is 24.7. The van der Waals surface area contributed by atoms with E-state index in [1.165, 1.54) is 0 Å². The van der Waals surface area contributed by atoms with Crippen LogP contribution in [0.5, 0.6) is 0 Å². The summed E-state index contributed by atoms with van der Waals surface area (Å²) in [6.07, 6.45) is 0.898. The molecule has 0 bridgehead atoms. The summed E-state index contributed by atoms with van der Waals surface area (Å²) >= 11 is 5.88. The van der Waals surface area contributed by atoms with E-state index in [-0.39, 0.29) is 24.4 Å². The van der Waals surface area contributed by atoms with Gasteiger partial charge >= 0.3 is 0 Å². The van der Waals surface area contributed by atoms with Gasteiger partial charge in [0.2, 0.25) is 0 Å². The zero-order valence-electron chi connectivity index (χ0n) is 12.7. The summed E-state index contributed by atoms with van der Waals surface area (Å²) in [6, 6.07) is 6.65. The number of rotatable bonds is 7. The molecule has 21 heavy (non-hydrogen) atoms. The van der Waals surface area contributed by atoms with Crippen LogP contribution in [0.4, 0.5) is 5.69 Å². The molecule has 5 nitrogen and oxygen atoms in total. The molecule has 0 saturated carbocycles. The maximum absolute atomic E-state index is 12.2. The Morgan fingerprint density at radius 3 is 2.71 bits per heavy atom. The summed E-state index contributed by atoms with van der Waals surface area (Å²) in [5.74, 6) is -0.185. The van der Waals surface area contributed by atoms with Gasteiger partial charge in [-0.25, -0.2) is 0 Å². The largest absolute Gasteiger partial charge is 0.351 e. The van der Waals surface area contributed by atoms with Gasteiger partial charge in [0.1, 0.15) is 0 Å². The predicted octanol–water partition coefficient (Wildman–Crippen LogP) is 0.708. The molecule has 2 amide bonds. The van der Waals surface area contributed by atoms with Crippen LogP contribution in [-0.2, 0) is 9.59 Å². The number of hydrogen-bond acceptors (Lipinski definition) is 2. The Morgan fingerprint density at radius 2 is 2.10 bits per heavy atom. The van der Waals surface area contributed by atoms with Gasteiger partial charge in [0.25, 0.3) is 11.8 Å². The minimum atomic E-state index is -0.337. The molecule has 0 fully saturated rings. The van der Waals surface area contributed by atoms with Crippen LogP contribution in [0.2, 0.25) is 5.02 Å². The molecule has 1 aromatic rings. The number of carbonyl (C=O) groups is 2. The maximum atomic E-state index is 12.2. The summed E-state index contributed by atoms with van der Waals surface area (Å²) in [5.41, 5.74) is 0.655. The highest BCUT2D eigenvalue weighted by Crippen LogP contribution is 2.14. The molecule has 3 N–H and O–H groups in total. The zero-order valence-corrected chi connectivity index (χ0v) is 13.5. The van der Waals surface area contributed by atoms with Crippen molar-refractivity contribution in [3.63, 3.8) is 0 Å². The third-order valence-electron chi connectivity index (χ3n) is 3.24. The van der Waals surface area contributed by atoms with E-state index in [0.717, 1.165) is 11.3 Å². The highest BCUT2D eigenvalue weighted by atomic mass is 35.5. The number of nitrogens with one attached hydrogen (secondary N) is 3. The second kappa shape index (κ2) is 8.64. The van der Waals surface area contributed by atoms with E-state index in [0.29, 0.717) is 17.3 Å². The molecule has 0 aromatic heterocycles. The van der Waals surface area contributed by atoms with Crippen molar-refractivity contribution in [3.05, 3.63) is 29.3 Å². The number of anilines is 1. The molecule has 0 aliphatic heterocycles. The predicted molar refractivity (Wildman–Crippen MR) is 84.6 cm³/mol. The Morgan fingerprint density at radius 1 is 1.38 bits per heavy atom. The number of quaternary nitrogens is 1. The summed E-state index contributed by atoms with van der Waals surface area (Å²) in [6.45, 7) is 4.72. The van der Waals surface area contributed by atoms with E-state index in [9.17, 15) is 9.59 Å². The van der Waals surface area contributed by atoms with Crippen LogP contribution in [-0.4, -0.2) is 38.0 Å². The highest BCUT2D eigenvalue weighted by Gasteiger charge is 2.23. The van der Waals surface area contributed by atoms with E-state index < -0.39 is 0 Å². The lowest BCUT2D eigenvalue weighted by Crippen LogP contribution is -3.15. The smallest absolute Gasteiger partial charge is 0.282 e. The van der Waals surface area contributed by atoms with Gasteiger partial charge in [-0.15, -0.1) is 0 Å². The van der Waals surface area contributed by atoms with Crippen molar-refractivity contribution in [1.29, 1.82) is 0 Å². The Bertz CT molecular complexity index is 494. The van der Waals surface area contributed by atoms with Crippen molar-refractivity contribution in [2.75, 3.05) is 25.5 Å². The molecule has 0 heterocycles. The van der Waals surface area contributed by atoms with Crippen molar-refractivity contribution in [2.24, 2.45) is 0 Å². The van der Waals surface area contributed by atoms with E-state index in [1.54, 1.807) is 31.2 Å². The zero-order chi connectivity index (χ0) is 15.8. The molecular formula is C15H23ClN3O2+. The molecule has 0 aliphatic rings. The fourth-order valence-electron chi connectivity index (χ4n) is 1.77. The molecule has 0 saturated heterocycles. The SMILES string of the molecule is CCCNC(=O)C[NH+](C)[C@H](C)C(=O)Nc1cccc(Cl)c1. The standard InChI is InChI=1S/C15H22ClN3O2/c1-4-8-17-14(20)10-19(3)11(2)15(21)18-13-7-5-6-12(16)9-13/h5-7,9,11H,4,8,10H2,1-3H3,(H,17,20)(H,18,21)/p+1/t11-/m1/s1. The normalized spacial score (nSPS) is 13.3. The van der Waals surface area contributed by atoms with Gasteiger partial charge in [0.05, 0.1) is 7.05 Å². The van der Waals surface area contributed by atoms with Crippen molar-refractivity contribution in [2.45, 2.75) is 26.3 Å². The number of carbonyl (C=O) groups excluding carboxylic acids is 2. The van der Waals surface area contributed by atoms with Crippen LogP contribution in [0.1, 0.15) is 20.3 Å². The first-order valence-electron chi connectivity index (χ1n) is 7.09. The third-order valence-corrected chi connectivity index (χ3v) is 3.47. The molecule has 0 spiro atoms. The number of likely N-dealkylation sites (N-methyl/N-ethyl adjacent to an activating group) is 1. The average molecular weight is 313 g/mol. The van der Waals surface area contributed by atoms with Gasteiger partial charge in [0.15, 0.2) is 12.6 Å². The first kappa shape index (κ1) is 17.5. The molecular weight excluding hydrogens is 290 g/mol. The molecule has 1 rings (SSSR count). The monoisotopic (exact) mass is 312 g/mol. The quantitative estimate of drug-likeness (QED) is 0.694. The third kappa shape index (κ3) is 6.14. The summed E-state index contributed by atoms with van der Waals surface area (Å²) < 4.78 is 0. The van der Waals surface area contributed by atoms with Gasteiger partial charge in [-0.05, 0) is 31.5 Å². The van der Waals surface area contributed by atoms with Gasteiger partial charge in [-0.2, -0.15) is 0 Å². The highest BCUT2D eigenvalue weighted by molar-refractivity contribution is 6.30. The molecule has 2 atom stereocenters. The van der Waals surface area contributed by atoms with Gasteiger partial charge in [0, 0.05) is 17.3 Å². The Balaban J connectivity index is 2.51. The maximum Gasteiger partial charge on any atom is 0.282 e. The van der Waals surface area contributed by atoms with Gasteiger partial charge < -0.3 is 15.5 Å². The molecule has 1 unspecified atom stereocenters. The number of halogens is 1. The minimum Gasteiger partial charge on any atom is -0.351 e. The van der Waals surface area contributed by atoms with E-state index in [1.807, 2.05) is 14.0 Å². The second-order valence-electron chi connectivity index (χ2n) is 5.09. The lowest BCUT2D eigenvalue weighted by Gasteiger charge is -2.20. The topological polar surface area (TPSA) is 62.6 Å². The van der Waals surface area contributed by atoms with Crippen LogP contribution < -0.4 is 15.5 Å². The first-order chi connectivity index (χ1) is 9.93. The van der Waals surface area contributed by atoms with Crippen LogP contribution in [0.3, 0.4) is 0 Å². The van der Waals surface area contributed by atoms with Crippen molar-refractivity contribution < 1.29 is 14.5 Å². The first-order valence-corrected chi connectivity index (χ1v) is 7.47. The fraction of sp³-hybridized carbons (Fsp3) is 0.467. The Hall–Kier alpha value is -1.59. The molecule has 116 valence electrons. The van der Waals surface area contributed by atoms with Crippen LogP contribution >= 0.6 is 11.6 Å². The summed E-state index contributed by atoms with van der Waals surface area (Å²) in [5, 5.41) is 6.18. The number of benzene rings is 1. The lowest BCUT2D eigenvalue weighted by molar-refractivity contribution is -0.885. The van der Waals surface area contributed by atoms with E-state index in [4.69, 9.17) is 11.6 Å². The van der Waals surface area contributed by atoms with Crippen molar-refractivity contribution in [3.8, 4) is 0 Å². The molecule has 1 aromatic carbocycles. The lowest BCUT2D eigenvalue weighted by atomic mass is 10.2. The average Bonchev–Trinajstić information content (AvgIpc) is 2.44. The minimum absolute atomic E-state index is 0.0447. The van der Waals surface area contributed by atoms with E-state index >= 15 is 0 Å². The van der Waals surface area contributed by atoms with Crippen LogP contribution in [0.15, 0.2) is 24.3 Å².